The van der Waals surface area contributed by atoms with Gasteiger partial charge in [-0.3, -0.25) is 9.97 Å². The van der Waals surface area contributed by atoms with Crippen LogP contribution in [0.2, 0.25) is 5.28 Å². The van der Waals surface area contributed by atoms with E-state index in [-0.39, 0.29) is 32.4 Å². The highest BCUT2D eigenvalue weighted by Crippen LogP contribution is 2.30. The lowest BCUT2D eigenvalue weighted by molar-refractivity contribution is 0.256. The van der Waals surface area contributed by atoms with Gasteiger partial charge >= 0.3 is 11.7 Å². The van der Waals surface area contributed by atoms with Gasteiger partial charge in [-0.1, -0.05) is 229 Å². The van der Waals surface area contributed by atoms with E-state index in [0.717, 1.165) is 32.3 Å². The minimum absolute atomic E-state index is 0.0769. The van der Waals surface area contributed by atoms with E-state index in [4.69, 9.17) is 21.7 Å². The molecule has 5 aromatic carbocycles. The summed E-state index contributed by atoms with van der Waals surface area (Å²) < 4.78 is 1.07. The number of hydrogen-bond donors (Lipinski definition) is 3. The molecule has 402 valence electrons. The number of carbonyl (C=O) groups is 1. The molecule has 0 saturated carbocycles. The highest BCUT2D eigenvalue weighted by Gasteiger charge is 2.19. The number of nitrogens with one attached hydrogen (secondary N) is 1. The third-order valence-corrected chi connectivity index (χ3v) is 12.5. The largest absolute Gasteiger partial charge is 0.352 e. The third-order valence-electron chi connectivity index (χ3n) is 11.8. The Labute approximate surface area is 469 Å². The molecule has 2 amide bonds. The van der Waals surface area contributed by atoms with Crippen LogP contribution in [0.4, 0.5) is 4.79 Å². The molecule has 3 heterocycles. The first kappa shape index (κ1) is 62.1. The molecule has 0 bridgehead atoms. The van der Waals surface area contributed by atoms with E-state index in [9.17, 15) is 4.79 Å². The smallest absolute Gasteiger partial charge is 0.348 e. The Morgan fingerprint density at radius 3 is 1.03 bits per heavy atom. The second kappa shape index (κ2) is 26.6. The number of benzene rings is 5. The van der Waals surface area contributed by atoms with Crippen molar-refractivity contribution in [2.45, 2.75) is 131 Å². The normalized spacial score (nSPS) is 11.4. The zero-order chi connectivity index (χ0) is 57.5. The van der Waals surface area contributed by atoms with Crippen LogP contribution in [0.15, 0.2) is 155 Å². The molecule has 0 aliphatic carbocycles. The number of aromatic amines is 1. The fourth-order valence-electron chi connectivity index (χ4n) is 7.12. The summed E-state index contributed by atoms with van der Waals surface area (Å²) in [4.78, 5) is 49.6. The minimum Gasteiger partial charge on any atom is -0.352 e. The Morgan fingerprint density at radius 1 is 0.468 bits per heavy atom. The number of hydrogen-bond acceptors (Lipinski definition) is 9. The number of urea groups is 1. The van der Waals surface area contributed by atoms with Crippen molar-refractivity contribution in [2.24, 2.45) is 11.5 Å². The molecule has 0 spiro atoms. The van der Waals surface area contributed by atoms with Crippen molar-refractivity contribution >= 4 is 33.6 Å². The number of halogens is 2. The summed E-state index contributed by atoms with van der Waals surface area (Å²) >= 11 is 9.47. The number of primary amides is 2. The van der Waals surface area contributed by atoms with Gasteiger partial charge in [0, 0.05) is 39.1 Å². The van der Waals surface area contributed by atoms with Gasteiger partial charge in [-0.2, -0.15) is 20.2 Å². The second-order valence-corrected chi connectivity index (χ2v) is 24.6. The van der Waals surface area contributed by atoms with Crippen molar-refractivity contribution < 1.29 is 4.79 Å². The molecule has 0 aliphatic rings. The summed E-state index contributed by atoms with van der Waals surface area (Å²) in [5.74, 6) is 2.15. The Kier molecular flexibility index (Phi) is 21.5. The summed E-state index contributed by atoms with van der Waals surface area (Å²) in [5.41, 5.74) is 19.2. The highest BCUT2D eigenvalue weighted by molar-refractivity contribution is 9.10. The van der Waals surface area contributed by atoms with Crippen molar-refractivity contribution in [3.63, 3.8) is 0 Å². The minimum atomic E-state index is -0.833. The predicted octanol–water partition coefficient (Wildman–Crippen LogP) is 15.3. The Bertz CT molecular complexity index is 3090. The number of carbonyl (C=O) groups excluding carboxylic acids is 1. The van der Waals surface area contributed by atoms with E-state index in [1.165, 1.54) is 27.8 Å². The SMILES string of the molecule is Brc1ccncc1.CC(C)(C)c1ccc(-c2nc(-c3ccc(C(C)(C)C)cc3)[nH]c(=O)n2)cc1.CC(C)(C)c1ccc(-c2nc(Cl)nc(-c3ccc(C(C)(C)C)cc3)n2)cc1.CC(C)(C)c1ccc(C#N)cc1.NC(N)=O. The van der Waals surface area contributed by atoms with Crippen LogP contribution in [0.5, 0.6) is 0 Å². The summed E-state index contributed by atoms with van der Waals surface area (Å²) in [5, 5.41) is 8.78. The van der Waals surface area contributed by atoms with Gasteiger partial charge in [0.05, 0.1) is 11.6 Å². The maximum Gasteiger partial charge on any atom is 0.348 e. The standard InChI is InChI=1S/C23H26ClN3.C23H27N3O.C11H13N.C5H4BrN.CH4N2O/c1-22(2,3)17-11-7-15(8-12-17)19-25-20(27-21(24)26-19)16-9-13-18(14-10-16)23(4,5)6;1-22(2,3)17-11-7-15(8-12-17)19-24-20(26-21(27)25-19)16-9-13-18(14-10-16)23(4,5)6;1-11(2,3)10-6-4-9(8-12)5-7-10;6-5-1-3-7-4-2-5;2-1(3)4/h7-14H,1-6H3;7-14H,1-6H3,(H,24,25,26,27);4-7H,1-3H3;1-4H;(H4,2,3,4). The van der Waals surface area contributed by atoms with Gasteiger partial charge in [0.1, 0.15) is 5.82 Å². The summed E-state index contributed by atoms with van der Waals surface area (Å²) in [6.45, 7) is 32.7. The van der Waals surface area contributed by atoms with E-state index >= 15 is 0 Å². The fraction of sp³-hybridized carbons (Fsp3) is 0.317. The lowest BCUT2D eigenvalue weighted by atomic mass is 9.86. The molecular weight excluding hydrogens is 1040 g/mol. The van der Waals surface area contributed by atoms with Crippen LogP contribution in [0.25, 0.3) is 45.6 Å². The molecule has 0 saturated heterocycles. The van der Waals surface area contributed by atoms with Crippen LogP contribution >= 0.6 is 27.5 Å². The van der Waals surface area contributed by atoms with Gasteiger partial charge in [0.2, 0.25) is 5.28 Å². The van der Waals surface area contributed by atoms with Gasteiger partial charge in [-0.05, 0) is 90.8 Å². The molecule has 0 aliphatic heterocycles. The Balaban J connectivity index is 0.000000238. The number of H-pyrrole nitrogens is 1. The molecule has 8 aromatic rings. The maximum absolute atomic E-state index is 12.1. The first-order valence-corrected chi connectivity index (χ1v) is 26.4. The fourth-order valence-corrected chi connectivity index (χ4v) is 7.52. The summed E-state index contributed by atoms with van der Waals surface area (Å²) in [6.07, 6.45) is 3.48. The number of rotatable bonds is 4. The van der Waals surface area contributed by atoms with E-state index < -0.39 is 11.7 Å². The molecular formula is C63H74BrClN10O2. The van der Waals surface area contributed by atoms with Crippen molar-refractivity contribution in [3.8, 4) is 51.6 Å². The van der Waals surface area contributed by atoms with E-state index in [1.54, 1.807) is 12.4 Å². The molecule has 0 unspecified atom stereocenters. The number of nitrogens with zero attached hydrogens (tertiary/aromatic N) is 7. The molecule has 14 heteroatoms. The molecule has 8 rings (SSSR count). The van der Waals surface area contributed by atoms with Crippen LogP contribution in [0, 0.1) is 11.3 Å². The second-order valence-electron chi connectivity index (χ2n) is 23.4. The van der Waals surface area contributed by atoms with E-state index in [1.807, 2.05) is 84.9 Å². The van der Waals surface area contributed by atoms with Gasteiger partial charge in [-0.25, -0.2) is 19.6 Å². The summed E-state index contributed by atoms with van der Waals surface area (Å²) in [7, 11) is 0. The third kappa shape index (κ3) is 20.2. The first-order chi connectivity index (χ1) is 35.7. The molecule has 77 heavy (non-hydrogen) atoms. The monoisotopic (exact) mass is 1120 g/mol. The van der Waals surface area contributed by atoms with Crippen molar-refractivity contribution in [2.75, 3.05) is 0 Å². The first-order valence-electron chi connectivity index (χ1n) is 25.2. The highest BCUT2D eigenvalue weighted by atomic mass is 79.9. The predicted molar refractivity (Wildman–Crippen MR) is 320 cm³/mol. The van der Waals surface area contributed by atoms with E-state index in [2.05, 4.69) is 221 Å². The number of aromatic nitrogens is 7. The van der Waals surface area contributed by atoms with Gasteiger partial charge in [0.25, 0.3) is 0 Å². The average Bonchev–Trinajstić information content (AvgIpc) is 3.35. The number of nitrogens with two attached hydrogens (primary N) is 2. The zero-order valence-corrected chi connectivity index (χ0v) is 49.6. The molecule has 0 atom stereocenters. The Hall–Kier alpha value is -7.40. The quantitative estimate of drug-likeness (QED) is 0.153. The number of nitriles is 1. The van der Waals surface area contributed by atoms with Crippen LogP contribution < -0.4 is 17.2 Å². The average molecular weight is 1120 g/mol. The van der Waals surface area contributed by atoms with Crippen molar-refractivity contribution in [1.29, 1.82) is 5.26 Å². The van der Waals surface area contributed by atoms with Gasteiger partial charge < -0.3 is 11.5 Å². The molecule has 12 nitrogen and oxygen atoms in total. The lowest BCUT2D eigenvalue weighted by Crippen LogP contribution is -2.18. The van der Waals surface area contributed by atoms with Crippen molar-refractivity contribution in [1.82, 2.24) is 34.9 Å². The van der Waals surface area contributed by atoms with Crippen LogP contribution in [0.3, 0.4) is 0 Å². The van der Waals surface area contributed by atoms with Crippen LogP contribution in [-0.4, -0.2) is 40.9 Å². The van der Waals surface area contributed by atoms with Gasteiger partial charge in [-0.15, -0.1) is 0 Å². The molecule has 0 fully saturated rings. The number of pyridine rings is 1. The topological polar surface area (TPSA) is 203 Å². The van der Waals surface area contributed by atoms with Crippen LogP contribution in [-0.2, 0) is 27.1 Å². The molecule has 3 aromatic heterocycles. The Morgan fingerprint density at radius 2 is 0.753 bits per heavy atom. The maximum atomic E-state index is 12.1. The lowest BCUT2D eigenvalue weighted by Gasteiger charge is -2.19. The zero-order valence-electron chi connectivity index (χ0n) is 47.2. The van der Waals surface area contributed by atoms with Crippen LogP contribution in [0.1, 0.15) is 137 Å². The van der Waals surface area contributed by atoms with E-state index in [0.29, 0.717) is 23.3 Å². The number of amides is 2. The summed E-state index contributed by atoms with van der Waals surface area (Å²) in [6, 6.07) is 45.6. The van der Waals surface area contributed by atoms with Crippen molar-refractivity contribution in [3.05, 3.63) is 199 Å². The molecule has 5 N–H and O–H groups in total. The van der Waals surface area contributed by atoms with Gasteiger partial charge in [0.15, 0.2) is 17.5 Å². The molecule has 0 radical (unpaired) electrons.